The van der Waals surface area contributed by atoms with E-state index in [0.717, 1.165) is 11.8 Å². The molecule has 0 spiro atoms. The first-order valence-electron chi connectivity index (χ1n) is 6.72. The molecule has 0 aliphatic heterocycles. The molecule has 1 amide bonds. The Balaban J connectivity index is 2.24. The maximum Gasteiger partial charge on any atom is 0.228 e. The Kier molecular flexibility index (Phi) is 5.34. The number of halogens is 2. The molecule has 4 nitrogen and oxygen atoms in total. The predicted molar refractivity (Wildman–Crippen MR) is 93.1 cm³/mol. The zero-order valence-corrected chi connectivity index (χ0v) is 14.9. The summed E-state index contributed by atoms with van der Waals surface area (Å²) in [6.07, 6.45) is 1.12. The number of carbonyl (C=O) groups excluding carboxylic acids is 1. The van der Waals surface area contributed by atoms with E-state index in [1.54, 1.807) is 31.2 Å². The van der Waals surface area contributed by atoms with Crippen molar-refractivity contribution in [2.45, 2.75) is 18.2 Å². The van der Waals surface area contributed by atoms with Crippen LogP contribution in [-0.4, -0.2) is 20.6 Å². The summed E-state index contributed by atoms with van der Waals surface area (Å²) >= 11 is 12.1. The lowest BCUT2D eigenvalue weighted by Gasteiger charge is -2.11. The smallest absolute Gasteiger partial charge is 0.228 e. The number of carbonyl (C=O) groups is 1. The fourth-order valence-corrected chi connectivity index (χ4v) is 3.20. The number of hydrogen-bond donors (Lipinski definition) is 1. The third kappa shape index (κ3) is 4.47. The van der Waals surface area contributed by atoms with Gasteiger partial charge in [-0.15, -0.1) is 0 Å². The van der Waals surface area contributed by atoms with Gasteiger partial charge in [-0.2, -0.15) is 0 Å². The lowest BCUT2D eigenvalue weighted by molar-refractivity contribution is -0.115. The van der Waals surface area contributed by atoms with Gasteiger partial charge >= 0.3 is 0 Å². The van der Waals surface area contributed by atoms with E-state index in [4.69, 9.17) is 23.2 Å². The summed E-state index contributed by atoms with van der Waals surface area (Å²) in [5.74, 6) is -0.325. The predicted octanol–water partition coefficient (Wildman–Crippen LogP) is 3.89. The van der Waals surface area contributed by atoms with Gasteiger partial charge in [0.2, 0.25) is 5.91 Å². The van der Waals surface area contributed by atoms with Gasteiger partial charge in [0.05, 0.1) is 11.3 Å². The SMILES string of the molecule is Cc1ccc(S(C)(=O)=O)cc1NC(=O)Cc1c(Cl)cccc1Cl. The first-order valence-corrected chi connectivity index (χ1v) is 9.36. The lowest BCUT2D eigenvalue weighted by Crippen LogP contribution is -2.16. The zero-order valence-electron chi connectivity index (χ0n) is 12.6. The molecule has 2 rings (SSSR count). The molecule has 0 bridgehead atoms. The number of hydrogen-bond acceptors (Lipinski definition) is 3. The Morgan fingerprint density at radius 3 is 2.30 bits per heavy atom. The van der Waals surface area contributed by atoms with E-state index in [9.17, 15) is 13.2 Å². The molecule has 0 aliphatic rings. The van der Waals surface area contributed by atoms with E-state index in [2.05, 4.69) is 5.32 Å². The summed E-state index contributed by atoms with van der Waals surface area (Å²) in [5, 5.41) is 3.53. The van der Waals surface area contributed by atoms with Crippen molar-refractivity contribution in [2.75, 3.05) is 11.6 Å². The van der Waals surface area contributed by atoms with Gasteiger partial charge < -0.3 is 5.32 Å². The summed E-state index contributed by atoms with van der Waals surface area (Å²) in [6, 6.07) is 9.61. The normalized spacial score (nSPS) is 11.3. The van der Waals surface area contributed by atoms with Crippen LogP contribution in [0.4, 0.5) is 5.69 Å². The molecule has 0 radical (unpaired) electrons. The Morgan fingerprint density at radius 2 is 1.74 bits per heavy atom. The minimum absolute atomic E-state index is 0.00104. The molecule has 0 unspecified atom stereocenters. The van der Waals surface area contributed by atoms with Crippen molar-refractivity contribution in [1.29, 1.82) is 0 Å². The standard InChI is InChI=1S/C16H15Cl2NO3S/c1-10-6-7-11(23(2,21)22)8-15(10)19-16(20)9-12-13(17)4-3-5-14(12)18/h3-8H,9H2,1-2H3,(H,19,20). The van der Waals surface area contributed by atoms with E-state index in [-0.39, 0.29) is 17.2 Å². The van der Waals surface area contributed by atoms with Crippen LogP contribution in [0.1, 0.15) is 11.1 Å². The second-order valence-electron chi connectivity index (χ2n) is 5.17. The molecule has 0 fully saturated rings. The number of aryl methyl sites for hydroxylation is 1. The minimum Gasteiger partial charge on any atom is -0.326 e. The van der Waals surface area contributed by atoms with E-state index >= 15 is 0 Å². The molecule has 0 heterocycles. The molecule has 2 aromatic carbocycles. The van der Waals surface area contributed by atoms with Crippen LogP contribution in [0.15, 0.2) is 41.3 Å². The van der Waals surface area contributed by atoms with Crippen LogP contribution >= 0.6 is 23.2 Å². The van der Waals surface area contributed by atoms with Crippen molar-refractivity contribution in [2.24, 2.45) is 0 Å². The number of sulfone groups is 1. The van der Waals surface area contributed by atoms with E-state index in [0.29, 0.717) is 21.3 Å². The fraction of sp³-hybridized carbons (Fsp3) is 0.188. The van der Waals surface area contributed by atoms with Crippen LogP contribution < -0.4 is 5.32 Å². The molecule has 23 heavy (non-hydrogen) atoms. The summed E-state index contributed by atoms with van der Waals surface area (Å²) in [7, 11) is -3.34. The highest BCUT2D eigenvalue weighted by Crippen LogP contribution is 2.26. The Bertz CT molecular complexity index is 843. The second kappa shape index (κ2) is 6.91. The molecule has 0 saturated heterocycles. The summed E-state index contributed by atoms with van der Waals surface area (Å²) in [5.41, 5.74) is 1.74. The maximum absolute atomic E-state index is 12.2. The highest BCUT2D eigenvalue weighted by molar-refractivity contribution is 7.90. The third-order valence-corrected chi connectivity index (χ3v) is 5.13. The Hall–Kier alpha value is -1.56. The van der Waals surface area contributed by atoms with Crippen LogP contribution in [0, 0.1) is 6.92 Å². The first kappa shape index (κ1) is 17.8. The van der Waals surface area contributed by atoms with Gasteiger partial charge in [-0.25, -0.2) is 8.42 Å². The topological polar surface area (TPSA) is 63.2 Å². The van der Waals surface area contributed by atoms with Gasteiger partial charge in [-0.3, -0.25) is 4.79 Å². The van der Waals surface area contributed by atoms with Gasteiger partial charge in [0.15, 0.2) is 9.84 Å². The van der Waals surface area contributed by atoms with Crippen molar-refractivity contribution in [3.8, 4) is 0 Å². The third-order valence-electron chi connectivity index (χ3n) is 3.31. The lowest BCUT2D eigenvalue weighted by atomic mass is 10.1. The van der Waals surface area contributed by atoms with Gasteiger partial charge in [-0.05, 0) is 42.3 Å². The number of benzene rings is 2. The monoisotopic (exact) mass is 371 g/mol. The largest absolute Gasteiger partial charge is 0.326 e. The quantitative estimate of drug-likeness (QED) is 0.886. The zero-order chi connectivity index (χ0) is 17.2. The highest BCUT2D eigenvalue weighted by Gasteiger charge is 2.14. The van der Waals surface area contributed by atoms with E-state index < -0.39 is 9.84 Å². The van der Waals surface area contributed by atoms with Gasteiger partial charge in [0.25, 0.3) is 0 Å². The summed E-state index contributed by atoms with van der Waals surface area (Å²) in [6.45, 7) is 1.78. The van der Waals surface area contributed by atoms with Crippen molar-refractivity contribution in [3.63, 3.8) is 0 Å². The van der Waals surface area contributed by atoms with E-state index in [1.807, 2.05) is 0 Å². The second-order valence-corrected chi connectivity index (χ2v) is 8.00. The Labute approximate surface area is 145 Å². The number of anilines is 1. The molecule has 0 aromatic heterocycles. The van der Waals surface area contributed by atoms with Crippen molar-refractivity contribution >= 4 is 44.6 Å². The average Bonchev–Trinajstić information content (AvgIpc) is 2.44. The molecule has 1 N–H and O–H groups in total. The molecule has 7 heteroatoms. The van der Waals surface area contributed by atoms with E-state index in [1.165, 1.54) is 12.1 Å². The molecule has 0 atom stereocenters. The number of amides is 1. The molecule has 2 aromatic rings. The maximum atomic E-state index is 12.2. The first-order chi connectivity index (χ1) is 10.7. The Morgan fingerprint density at radius 1 is 1.13 bits per heavy atom. The van der Waals surface area contributed by atoms with Crippen LogP contribution in [-0.2, 0) is 21.1 Å². The number of rotatable bonds is 4. The van der Waals surface area contributed by atoms with Gasteiger partial charge in [0.1, 0.15) is 0 Å². The van der Waals surface area contributed by atoms with Crippen LogP contribution in [0.3, 0.4) is 0 Å². The van der Waals surface area contributed by atoms with Gasteiger partial charge in [-0.1, -0.05) is 35.3 Å². The fourth-order valence-electron chi connectivity index (χ4n) is 2.02. The molecule has 122 valence electrons. The van der Waals surface area contributed by atoms with Crippen molar-refractivity contribution < 1.29 is 13.2 Å². The molecule has 0 saturated carbocycles. The molecule has 0 aliphatic carbocycles. The van der Waals surface area contributed by atoms with Crippen LogP contribution in [0.5, 0.6) is 0 Å². The van der Waals surface area contributed by atoms with Gasteiger partial charge in [0, 0.05) is 22.0 Å². The van der Waals surface area contributed by atoms with Crippen LogP contribution in [0.2, 0.25) is 10.0 Å². The number of nitrogens with one attached hydrogen (secondary N) is 1. The molecular weight excluding hydrogens is 357 g/mol. The summed E-state index contributed by atoms with van der Waals surface area (Å²) in [4.78, 5) is 12.4. The minimum atomic E-state index is -3.34. The highest BCUT2D eigenvalue weighted by atomic mass is 35.5. The average molecular weight is 372 g/mol. The van der Waals surface area contributed by atoms with Crippen molar-refractivity contribution in [3.05, 3.63) is 57.6 Å². The van der Waals surface area contributed by atoms with Crippen molar-refractivity contribution in [1.82, 2.24) is 0 Å². The molecular formula is C16H15Cl2NO3S. The summed E-state index contributed by atoms with van der Waals surface area (Å²) < 4.78 is 23.2. The van der Waals surface area contributed by atoms with Crippen LogP contribution in [0.25, 0.3) is 0 Å².